The summed E-state index contributed by atoms with van der Waals surface area (Å²) in [7, 11) is 0. The molecule has 1 atom stereocenters. The highest BCUT2D eigenvalue weighted by Crippen LogP contribution is 2.31. The molecule has 1 unspecified atom stereocenters. The standard InChI is InChI=1S/C22H28F3N2O/c1-18-6-2-3-12-27(18)17-19-9-13-26(14-10-19)11-5-15-28-21-8-4-7-20(16-21)22(23,24)25/h4,7-10,13-14,16,18H,2-3,5-6,11-12,15,17H2,1H3/q+1. The Morgan fingerprint density at radius 3 is 2.64 bits per heavy atom. The maximum atomic E-state index is 12.7. The molecule has 2 aromatic rings. The van der Waals surface area contributed by atoms with Gasteiger partial charge in [-0.05, 0) is 50.1 Å². The van der Waals surface area contributed by atoms with Crippen LogP contribution in [0.25, 0.3) is 0 Å². The van der Waals surface area contributed by atoms with E-state index in [1.807, 2.05) is 0 Å². The summed E-state index contributed by atoms with van der Waals surface area (Å²) in [6, 6.07) is 9.96. The Hall–Kier alpha value is -2.08. The van der Waals surface area contributed by atoms with Gasteiger partial charge in [-0.15, -0.1) is 0 Å². The van der Waals surface area contributed by atoms with E-state index in [9.17, 15) is 13.2 Å². The molecule has 2 heterocycles. The molecule has 152 valence electrons. The lowest BCUT2D eigenvalue weighted by molar-refractivity contribution is -0.697. The molecule has 3 nitrogen and oxygen atoms in total. The minimum Gasteiger partial charge on any atom is -0.493 e. The SMILES string of the molecule is CC1CCCCN1Cc1cc[n+](CCCOc2cccc(C(F)(F)F)c2)cc1. The largest absolute Gasteiger partial charge is 0.493 e. The van der Waals surface area contributed by atoms with E-state index >= 15 is 0 Å². The van der Waals surface area contributed by atoms with Gasteiger partial charge in [0.2, 0.25) is 0 Å². The molecule has 1 aliphatic rings. The third-order valence-corrected chi connectivity index (χ3v) is 5.28. The number of benzene rings is 1. The van der Waals surface area contributed by atoms with Gasteiger partial charge in [-0.25, -0.2) is 4.57 Å². The second kappa shape index (κ2) is 9.41. The van der Waals surface area contributed by atoms with Crippen LogP contribution in [0.15, 0.2) is 48.8 Å². The number of hydrogen-bond donors (Lipinski definition) is 0. The minimum atomic E-state index is -4.34. The fraction of sp³-hybridized carbons (Fsp3) is 0.500. The molecule has 1 saturated heterocycles. The lowest BCUT2D eigenvalue weighted by atomic mass is 10.0. The van der Waals surface area contributed by atoms with Gasteiger partial charge in [0.25, 0.3) is 0 Å². The van der Waals surface area contributed by atoms with E-state index < -0.39 is 11.7 Å². The first kappa shape index (κ1) is 20.6. The molecular weight excluding hydrogens is 365 g/mol. The average molecular weight is 393 g/mol. The van der Waals surface area contributed by atoms with Crippen molar-refractivity contribution in [3.63, 3.8) is 0 Å². The first-order valence-corrected chi connectivity index (χ1v) is 9.94. The number of pyridine rings is 1. The van der Waals surface area contributed by atoms with Crippen molar-refractivity contribution in [2.75, 3.05) is 13.2 Å². The van der Waals surface area contributed by atoms with Crippen LogP contribution >= 0.6 is 0 Å². The van der Waals surface area contributed by atoms with Gasteiger partial charge in [-0.3, -0.25) is 4.90 Å². The van der Waals surface area contributed by atoms with Crippen molar-refractivity contribution < 1.29 is 22.5 Å². The summed E-state index contributed by atoms with van der Waals surface area (Å²) in [6.45, 7) is 5.59. The van der Waals surface area contributed by atoms with Crippen molar-refractivity contribution in [2.45, 2.75) is 57.9 Å². The smallest absolute Gasteiger partial charge is 0.416 e. The van der Waals surface area contributed by atoms with E-state index in [4.69, 9.17) is 4.74 Å². The predicted molar refractivity (Wildman–Crippen MR) is 102 cm³/mol. The molecular formula is C22H28F3N2O+. The van der Waals surface area contributed by atoms with Crippen molar-refractivity contribution in [3.8, 4) is 5.75 Å². The molecule has 0 spiro atoms. The van der Waals surface area contributed by atoms with Crippen LogP contribution in [0.4, 0.5) is 13.2 Å². The number of ether oxygens (including phenoxy) is 1. The van der Waals surface area contributed by atoms with Gasteiger partial charge in [0.05, 0.1) is 12.2 Å². The van der Waals surface area contributed by atoms with Crippen molar-refractivity contribution in [3.05, 3.63) is 59.9 Å². The van der Waals surface area contributed by atoms with Crippen LogP contribution < -0.4 is 9.30 Å². The molecule has 0 bridgehead atoms. The molecule has 1 aromatic heterocycles. The Morgan fingerprint density at radius 1 is 1.14 bits per heavy atom. The highest BCUT2D eigenvalue weighted by molar-refractivity contribution is 5.30. The van der Waals surface area contributed by atoms with E-state index in [1.165, 1.54) is 37.4 Å². The molecule has 0 N–H and O–H groups in total. The Morgan fingerprint density at radius 2 is 1.93 bits per heavy atom. The number of piperidine rings is 1. The van der Waals surface area contributed by atoms with Crippen LogP contribution in [0.1, 0.15) is 43.7 Å². The number of aromatic nitrogens is 1. The monoisotopic (exact) mass is 393 g/mol. The van der Waals surface area contributed by atoms with E-state index in [1.54, 1.807) is 6.07 Å². The van der Waals surface area contributed by atoms with Gasteiger partial charge in [0.15, 0.2) is 18.9 Å². The lowest BCUT2D eigenvalue weighted by Gasteiger charge is -2.33. The number of rotatable bonds is 7. The van der Waals surface area contributed by atoms with Gasteiger partial charge in [0, 0.05) is 31.1 Å². The van der Waals surface area contributed by atoms with Crippen molar-refractivity contribution in [1.82, 2.24) is 4.90 Å². The summed E-state index contributed by atoms with van der Waals surface area (Å²) >= 11 is 0. The van der Waals surface area contributed by atoms with Crippen molar-refractivity contribution in [2.24, 2.45) is 0 Å². The summed E-state index contributed by atoms with van der Waals surface area (Å²) in [4.78, 5) is 2.53. The highest BCUT2D eigenvalue weighted by atomic mass is 19.4. The van der Waals surface area contributed by atoms with Gasteiger partial charge >= 0.3 is 6.18 Å². The first-order valence-electron chi connectivity index (χ1n) is 9.94. The normalized spacial score (nSPS) is 18.2. The number of aryl methyl sites for hydroxylation is 1. The van der Waals surface area contributed by atoms with Crippen LogP contribution in [0, 0.1) is 0 Å². The Labute approximate surface area is 164 Å². The molecule has 1 fully saturated rings. The molecule has 3 rings (SSSR count). The number of likely N-dealkylation sites (tertiary alicyclic amines) is 1. The number of alkyl halides is 3. The molecule has 0 amide bonds. The summed E-state index contributed by atoms with van der Waals surface area (Å²) in [5, 5.41) is 0. The van der Waals surface area contributed by atoms with Gasteiger partial charge in [-0.1, -0.05) is 12.5 Å². The van der Waals surface area contributed by atoms with E-state index in [0.29, 0.717) is 12.6 Å². The number of nitrogens with zero attached hydrogens (tertiary/aromatic N) is 2. The predicted octanol–water partition coefficient (Wildman–Crippen LogP) is 4.84. The van der Waals surface area contributed by atoms with E-state index in [2.05, 4.69) is 40.9 Å². The zero-order chi connectivity index (χ0) is 20.0. The zero-order valence-electron chi connectivity index (χ0n) is 16.3. The van der Waals surface area contributed by atoms with Gasteiger partial charge in [0.1, 0.15) is 5.75 Å². The summed E-state index contributed by atoms with van der Waals surface area (Å²) in [5.74, 6) is 0.255. The van der Waals surface area contributed by atoms with Crippen LogP contribution in [0.5, 0.6) is 5.75 Å². The second-order valence-corrected chi connectivity index (χ2v) is 7.49. The molecule has 0 saturated carbocycles. The summed E-state index contributed by atoms with van der Waals surface area (Å²) < 4.78 is 45.7. The molecule has 0 aliphatic carbocycles. The second-order valence-electron chi connectivity index (χ2n) is 7.49. The summed E-state index contributed by atoms with van der Waals surface area (Å²) in [5.41, 5.74) is 0.628. The maximum absolute atomic E-state index is 12.7. The van der Waals surface area contributed by atoms with Crippen LogP contribution in [-0.4, -0.2) is 24.1 Å². The molecule has 6 heteroatoms. The topological polar surface area (TPSA) is 16.4 Å². The number of halogens is 3. The Kier molecular flexibility index (Phi) is 6.94. The van der Waals surface area contributed by atoms with E-state index in [0.717, 1.165) is 31.6 Å². The van der Waals surface area contributed by atoms with Crippen molar-refractivity contribution >= 4 is 0 Å². The molecule has 0 radical (unpaired) electrons. The fourth-order valence-electron chi connectivity index (χ4n) is 3.57. The third-order valence-electron chi connectivity index (χ3n) is 5.28. The fourth-order valence-corrected chi connectivity index (χ4v) is 3.57. The maximum Gasteiger partial charge on any atom is 0.416 e. The van der Waals surface area contributed by atoms with Gasteiger partial charge < -0.3 is 4.74 Å². The zero-order valence-corrected chi connectivity index (χ0v) is 16.3. The van der Waals surface area contributed by atoms with E-state index in [-0.39, 0.29) is 5.75 Å². The molecule has 28 heavy (non-hydrogen) atoms. The minimum absolute atomic E-state index is 0.255. The molecule has 1 aromatic carbocycles. The molecule has 1 aliphatic heterocycles. The first-order chi connectivity index (χ1) is 13.4. The Balaban J connectivity index is 1.43. The third kappa shape index (κ3) is 5.96. The van der Waals surface area contributed by atoms with Crippen molar-refractivity contribution in [1.29, 1.82) is 0 Å². The average Bonchev–Trinajstić information content (AvgIpc) is 2.68. The number of hydrogen-bond acceptors (Lipinski definition) is 2. The quantitative estimate of drug-likeness (QED) is 0.495. The van der Waals surface area contributed by atoms with Gasteiger partial charge in [-0.2, -0.15) is 13.2 Å². The Bertz CT molecular complexity index is 746. The lowest BCUT2D eigenvalue weighted by Crippen LogP contribution is -2.37. The highest BCUT2D eigenvalue weighted by Gasteiger charge is 2.30. The van der Waals surface area contributed by atoms with Crippen LogP contribution in [0.2, 0.25) is 0 Å². The van der Waals surface area contributed by atoms with Crippen LogP contribution in [0.3, 0.4) is 0 Å². The summed E-state index contributed by atoms with van der Waals surface area (Å²) in [6.07, 6.45) is 4.39. The van der Waals surface area contributed by atoms with Crippen LogP contribution in [-0.2, 0) is 19.3 Å².